The van der Waals surface area contributed by atoms with Crippen molar-refractivity contribution in [2.24, 2.45) is 0 Å². The van der Waals surface area contributed by atoms with Gasteiger partial charge in [-0.1, -0.05) is 35.7 Å². The Bertz CT molecular complexity index is 263. The molecule has 0 aliphatic rings. The summed E-state index contributed by atoms with van der Waals surface area (Å²) in [5, 5.41) is 30.4. The maximum absolute atomic E-state index is 7.93. The van der Waals surface area contributed by atoms with Crippen LogP contribution in [0.15, 0.2) is 38.3 Å². The van der Waals surface area contributed by atoms with Gasteiger partial charge in [0.25, 0.3) is 0 Å². The van der Waals surface area contributed by atoms with E-state index in [1.165, 1.54) is 18.6 Å². The molecule has 0 aliphatic heterocycles. The Morgan fingerprint density at radius 2 is 1.24 bits per heavy atom. The number of unbranched alkanes of at least 4 members (excludes halogenated alkanes) is 1. The average Bonchev–Trinajstić information content (AvgIpc) is 2.63. The zero-order valence-corrected chi connectivity index (χ0v) is 21.0. The van der Waals surface area contributed by atoms with E-state index in [1.54, 1.807) is 20.3 Å². The summed E-state index contributed by atoms with van der Waals surface area (Å²) in [5.74, 6) is 0. The van der Waals surface area contributed by atoms with Crippen LogP contribution >= 0.6 is 40.7 Å². The average molecular weight is 478 g/mol. The van der Waals surface area contributed by atoms with Crippen LogP contribution in [0.5, 0.6) is 0 Å². The minimum Gasteiger partial charge on any atom is -1.00 e. The van der Waals surface area contributed by atoms with Gasteiger partial charge < -0.3 is 21.1 Å². The van der Waals surface area contributed by atoms with Crippen molar-refractivity contribution in [3.8, 4) is 12.1 Å². The molecule has 0 rings (SSSR count). The monoisotopic (exact) mass is 476 g/mol. The zero-order chi connectivity index (χ0) is 19.1. The third kappa shape index (κ3) is 338. The van der Waals surface area contributed by atoms with Crippen LogP contribution in [0, 0.1) is 22.7 Å². The normalized spacial score (nSPS) is 4.52. The van der Waals surface area contributed by atoms with Gasteiger partial charge in [-0.2, -0.15) is 10.5 Å². The zero-order valence-electron chi connectivity index (χ0n) is 16.8. The van der Waals surface area contributed by atoms with Crippen molar-refractivity contribution in [1.29, 1.82) is 10.5 Å². The smallest absolute Gasteiger partial charge is 1.00 e. The van der Waals surface area contributed by atoms with Crippen molar-refractivity contribution < 1.29 is 50.7 Å². The molecule has 148 valence electrons. The van der Waals surface area contributed by atoms with Crippen LogP contribution in [0.2, 0.25) is 0 Å². The van der Waals surface area contributed by atoms with Crippen molar-refractivity contribution in [3.63, 3.8) is 0 Å². The van der Waals surface area contributed by atoms with Crippen molar-refractivity contribution in [2.45, 2.75) is 12.8 Å². The molecule has 0 unspecified atom stereocenters. The number of rotatable bonds is 4. The van der Waals surface area contributed by atoms with Crippen LogP contribution < -0.4 is 29.6 Å². The molecule has 6 nitrogen and oxygen atoms in total. The fourth-order valence-corrected chi connectivity index (χ4v) is 0.426. The fourth-order valence-electron chi connectivity index (χ4n) is 0.146. The van der Waals surface area contributed by atoms with Gasteiger partial charge in [-0.15, -0.1) is 24.8 Å². The number of alkyl halides is 1. The van der Waals surface area contributed by atoms with Gasteiger partial charge in [0.1, 0.15) is 0 Å². The molecular formula is C15H32BrCl2N2NaO4. The first kappa shape index (κ1) is 56.3. The van der Waals surface area contributed by atoms with Gasteiger partial charge in [0.05, 0.1) is 38.9 Å². The maximum Gasteiger partial charge on any atom is 1.00 e. The Kier molecular flexibility index (Phi) is 290. The third-order valence-electron chi connectivity index (χ3n) is 0.847. The third-order valence-corrected chi connectivity index (χ3v) is 1.41. The van der Waals surface area contributed by atoms with Crippen LogP contribution in [-0.2, 0) is 9.47 Å². The van der Waals surface area contributed by atoms with Crippen LogP contribution in [0.1, 0.15) is 14.3 Å². The second-order valence-electron chi connectivity index (χ2n) is 2.09. The van der Waals surface area contributed by atoms with E-state index in [2.05, 4.69) is 45.1 Å². The van der Waals surface area contributed by atoms with E-state index < -0.39 is 0 Å². The fraction of sp³-hybridized carbons (Fsp3) is 0.467. The van der Waals surface area contributed by atoms with Crippen molar-refractivity contribution in [3.05, 3.63) is 38.3 Å². The van der Waals surface area contributed by atoms with Crippen LogP contribution in [0.3, 0.4) is 0 Å². The van der Waals surface area contributed by atoms with Gasteiger partial charge in [0.2, 0.25) is 0 Å². The summed E-state index contributed by atoms with van der Waals surface area (Å²) in [4.78, 5) is 0. The molecule has 0 aromatic carbocycles. The number of methoxy groups -OCH3 is 2. The second kappa shape index (κ2) is 129. The molecule has 0 radical (unpaired) electrons. The molecule has 10 heteroatoms. The molecule has 0 heterocycles. The van der Waals surface area contributed by atoms with Gasteiger partial charge in [0.15, 0.2) is 0 Å². The first-order valence-electron chi connectivity index (χ1n) is 5.76. The summed E-state index contributed by atoms with van der Waals surface area (Å²) in [5.41, 5.74) is 0. The Hall–Kier alpha value is -0.220. The largest absolute Gasteiger partial charge is 1.00 e. The van der Waals surface area contributed by atoms with Crippen molar-refractivity contribution in [1.82, 2.24) is 0 Å². The van der Waals surface area contributed by atoms with E-state index in [0.717, 1.165) is 26.0 Å². The summed E-state index contributed by atoms with van der Waals surface area (Å²) in [6, 6.07) is 3.73. The maximum atomic E-state index is 7.93. The minimum absolute atomic E-state index is 0. The van der Waals surface area contributed by atoms with Gasteiger partial charge in [-0.25, -0.2) is 0 Å². The van der Waals surface area contributed by atoms with Gasteiger partial charge >= 0.3 is 29.6 Å². The number of hydrogen-bond donors (Lipinski definition) is 2. The number of nitrogens with zero attached hydrogens (tertiary/aromatic N) is 2. The standard InChI is InChI=1S/C4H6BrN.C3H3N.2C3H6O.2CH4O.2ClH.Na.H/c5-3-1-2-4-6;1-2-3-4;2*1-3-4-2;2*1-2;;;;/h1-3H2;2H,1H2;2*3H,1H2,2H3;2*2H,1H3;2*1H;;/q;;;;;;;;+1;-1. The summed E-state index contributed by atoms with van der Waals surface area (Å²) < 4.78 is 8.61. The molecule has 25 heavy (non-hydrogen) atoms. The summed E-state index contributed by atoms with van der Waals surface area (Å²) in [7, 11) is 5.12. The number of halogens is 3. The summed E-state index contributed by atoms with van der Waals surface area (Å²) in [6.45, 7) is 9.63. The quantitative estimate of drug-likeness (QED) is 0.206. The Balaban J connectivity index is -0.0000000148. The van der Waals surface area contributed by atoms with Crippen LogP contribution in [-0.4, -0.2) is 44.0 Å². The number of hydrogen-bond acceptors (Lipinski definition) is 6. The molecule has 0 atom stereocenters. The van der Waals surface area contributed by atoms with E-state index in [9.17, 15) is 0 Å². The predicted octanol–water partition coefficient (Wildman–Crippen LogP) is 1.11. The molecule has 0 aromatic rings. The first-order chi connectivity index (χ1) is 10.7. The van der Waals surface area contributed by atoms with Crippen LogP contribution in [0.4, 0.5) is 0 Å². The molecule has 0 amide bonds. The van der Waals surface area contributed by atoms with Gasteiger partial charge in [-0.05, 0) is 6.42 Å². The molecule has 0 saturated heterocycles. The summed E-state index contributed by atoms with van der Waals surface area (Å²) >= 11 is 3.20. The molecule has 0 bridgehead atoms. The SMILES string of the molecule is C=CC#N.C=COC.C=COC.CO.CO.Cl.Cl.N#CCCCBr.[H-].[Na+]. The van der Waals surface area contributed by atoms with E-state index in [4.69, 9.17) is 20.7 Å². The number of aliphatic hydroxyl groups is 2. The van der Waals surface area contributed by atoms with E-state index in [-0.39, 0.29) is 55.8 Å². The molecule has 0 fully saturated rings. The molecule has 0 aromatic heterocycles. The number of nitriles is 2. The molecule has 0 saturated carbocycles. The van der Waals surface area contributed by atoms with Crippen molar-refractivity contribution >= 4 is 40.7 Å². The van der Waals surface area contributed by atoms with E-state index in [1.807, 2.05) is 6.07 Å². The Morgan fingerprint density at radius 1 is 1.00 bits per heavy atom. The molecule has 0 aliphatic carbocycles. The molecule has 2 N–H and O–H groups in total. The van der Waals surface area contributed by atoms with E-state index in [0.29, 0.717) is 6.42 Å². The van der Waals surface area contributed by atoms with Gasteiger partial charge in [-0.3, -0.25) is 0 Å². The number of aliphatic hydroxyl groups excluding tert-OH is 2. The summed E-state index contributed by atoms with van der Waals surface area (Å²) in [6.07, 6.45) is 5.57. The predicted molar refractivity (Wildman–Crippen MR) is 111 cm³/mol. The minimum atomic E-state index is 0. The van der Waals surface area contributed by atoms with Gasteiger partial charge in [0, 0.05) is 32.0 Å². The first-order valence-corrected chi connectivity index (χ1v) is 6.89. The topological polar surface area (TPSA) is 106 Å². The van der Waals surface area contributed by atoms with Crippen molar-refractivity contribution in [2.75, 3.05) is 33.8 Å². The molecular weight excluding hydrogens is 446 g/mol. The van der Waals surface area contributed by atoms with E-state index >= 15 is 0 Å². The number of allylic oxidation sites excluding steroid dienone is 1. The Labute approximate surface area is 197 Å². The number of ether oxygens (including phenoxy) is 2. The van der Waals surface area contributed by atoms with Crippen LogP contribution in [0.25, 0.3) is 0 Å². The molecule has 0 spiro atoms. The second-order valence-corrected chi connectivity index (χ2v) is 2.88. The Morgan fingerprint density at radius 3 is 1.28 bits per heavy atom.